The standard InChI is InChI=1S/C15H18N2O/c16-11-13-8-6-12(7-9-13)3-1-5-15(18)14-4-2-10-17-14/h6-9,14,17H,1-5,10H2/t14-/m0/s1. The lowest BCUT2D eigenvalue weighted by atomic mass is 10.0. The van der Waals surface area contributed by atoms with Crippen LogP contribution in [0.25, 0.3) is 0 Å². The quantitative estimate of drug-likeness (QED) is 0.861. The van der Waals surface area contributed by atoms with E-state index in [2.05, 4.69) is 11.4 Å². The van der Waals surface area contributed by atoms with Crippen molar-refractivity contribution in [2.45, 2.75) is 38.1 Å². The molecule has 0 aromatic heterocycles. The first-order chi connectivity index (χ1) is 8.79. The Morgan fingerprint density at radius 2 is 2.17 bits per heavy atom. The lowest BCUT2D eigenvalue weighted by Gasteiger charge is -2.08. The minimum absolute atomic E-state index is 0.103. The highest BCUT2D eigenvalue weighted by molar-refractivity contribution is 5.84. The summed E-state index contributed by atoms with van der Waals surface area (Å²) in [5.74, 6) is 0.348. The number of hydrogen-bond donors (Lipinski definition) is 1. The van der Waals surface area contributed by atoms with Gasteiger partial charge in [0.25, 0.3) is 0 Å². The normalized spacial score (nSPS) is 18.5. The Hall–Kier alpha value is -1.66. The number of Topliss-reactive ketones (excluding diaryl/α,β-unsaturated/α-hetero) is 1. The third-order valence-electron chi connectivity index (χ3n) is 3.42. The molecule has 1 aliphatic rings. The number of rotatable bonds is 5. The molecule has 0 unspecified atom stereocenters. The van der Waals surface area contributed by atoms with Crippen molar-refractivity contribution >= 4 is 5.78 Å². The first-order valence-corrected chi connectivity index (χ1v) is 6.55. The van der Waals surface area contributed by atoms with E-state index in [0.29, 0.717) is 17.8 Å². The van der Waals surface area contributed by atoms with Crippen molar-refractivity contribution in [2.24, 2.45) is 0 Å². The number of ketones is 1. The van der Waals surface area contributed by atoms with Gasteiger partial charge >= 0.3 is 0 Å². The van der Waals surface area contributed by atoms with Crippen molar-refractivity contribution < 1.29 is 4.79 Å². The predicted octanol–water partition coefficient (Wildman–Crippen LogP) is 2.20. The minimum atomic E-state index is 0.103. The Kier molecular flexibility index (Phi) is 4.49. The summed E-state index contributed by atoms with van der Waals surface area (Å²) in [6.07, 6.45) is 4.56. The van der Waals surface area contributed by atoms with Crippen molar-refractivity contribution in [3.63, 3.8) is 0 Å². The van der Waals surface area contributed by atoms with E-state index in [4.69, 9.17) is 5.26 Å². The first kappa shape index (κ1) is 12.8. The van der Waals surface area contributed by atoms with Crippen LogP contribution in [0.5, 0.6) is 0 Å². The van der Waals surface area contributed by atoms with Crippen LogP contribution >= 0.6 is 0 Å². The van der Waals surface area contributed by atoms with Gasteiger partial charge in [-0.15, -0.1) is 0 Å². The minimum Gasteiger partial charge on any atom is -0.307 e. The van der Waals surface area contributed by atoms with Crippen molar-refractivity contribution in [3.05, 3.63) is 35.4 Å². The van der Waals surface area contributed by atoms with Crippen LogP contribution in [-0.2, 0) is 11.2 Å². The van der Waals surface area contributed by atoms with E-state index in [1.54, 1.807) is 0 Å². The van der Waals surface area contributed by atoms with Crippen molar-refractivity contribution in [1.29, 1.82) is 5.26 Å². The van der Waals surface area contributed by atoms with Gasteiger partial charge in [-0.05, 0) is 49.9 Å². The highest BCUT2D eigenvalue weighted by Gasteiger charge is 2.20. The molecule has 0 bridgehead atoms. The zero-order valence-electron chi connectivity index (χ0n) is 10.5. The lowest BCUT2D eigenvalue weighted by Crippen LogP contribution is -2.30. The summed E-state index contributed by atoms with van der Waals surface area (Å²) in [6, 6.07) is 9.80. The molecule has 94 valence electrons. The molecule has 3 heteroatoms. The summed E-state index contributed by atoms with van der Waals surface area (Å²) in [6.45, 7) is 0.978. The van der Waals surface area contributed by atoms with Gasteiger partial charge in [0.1, 0.15) is 5.78 Å². The highest BCUT2D eigenvalue weighted by atomic mass is 16.1. The number of aryl methyl sites for hydroxylation is 1. The van der Waals surface area contributed by atoms with Gasteiger partial charge in [0, 0.05) is 6.42 Å². The maximum atomic E-state index is 11.8. The molecule has 1 heterocycles. The van der Waals surface area contributed by atoms with Gasteiger partial charge in [-0.3, -0.25) is 4.79 Å². The molecule has 0 saturated carbocycles. The van der Waals surface area contributed by atoms with Gasteiger partial charge in [-0.2, -0.15) is 5.26 Å². The van der Waals surface area contributed by atoms with E-state index < -0.39 is 0 Å². The van der Waals surface area contributed by atoms with Gasteiger partial charge < -0.3 is 5.32 Å². The number of carbonyl (C=O) groups excluding carboxylic acids is 1. The molecule has 0 spiro atoms. The van der Waals surface area contributed by atoms with E-state index in [-0.39, 0.29) is 6.04 Å². The van der Waals surface area contributed by atoms with Gasteiger partial charge in [-0.1, -0.05) is 12.1 Å². The number of benzene rings is 1. The molecule has 1 N–H and O–H groups in total. The largest absolute Gasteiger partial charge is 0.307 e. The van der Waals surface area contributed by atoms with Crippen LogP contribution in [0.4, 0.5) is 0 Å². The fraction of sp³-hybridized carbons (Fsp3) is 0.467. The third-order valence-corrected chi connectivity index (χ3v) is 3.42. The zero-order valence-corrected chi connectivity index (χ0v) is 10.5. The molecule has 2 rings (SSSR count). The van der Waals surface area contributed by atoms with Crippen LogP contribution in [0.2, 0.25) is 0 Å². The van der Waals surface area contributed by atoms with Crippen LogP contribution in [0.3, 0.4) is 0 Å². The maximum absolute atomic E-state index is 11.8. The van der Waals surface area contributed by atoms with Gasteiger partial charge in [0.15, 0.2) is 0 Å². The van der Waals surface area contributed by atoms with Crippen molar-refractivity contribution in [2.75, 3.05) is 6.54 Å². The monoisotopic (exact) mass is 242 g/mol. The fourth-order valence-corrected chi connectivity index (χ4v) is 2.35. The van der Waals surface area contributed by atoms with Crippen LogP contribution in [0.15, 0.2) is 24.3 Å². The summed E-state index contributed by atoms with van der Waals surface area (Å²) in [7, 11) is 0. The summed E-state index contributed by atoms with van der Waals surface area (Å²) >= 11 is 0. The third kappa shape index (κ3) is 3.41. The maximum Gasteiger partial charge on any atom is 0.149 e. The van der Waals surface area contributed by atoms with Crippen LogP contribution in [0, 0.1) is 11.3 Å². The molecule has 1 saturated heterocycles. The smallest absolute Gasteiger partial charge is 0.149 e. The average Bonchev–Trinajstić information content (AvgIpc) is 2.93. The Morgan fingerprint density at radius 3 is 2.78 bits per heavy atom. The Balaban J connectivity index is 1.74. The van der Waals surface area contributed by atoms with E-state index in [1.807, 2.05) is 24.3 Å². The Bertz CT molecular complexity index is 439. The Morgan fingerprint density at radius 1 is 1.39 bits per heavy atom. The molecule has 1 fully saturated rings. The zero-order chi connectivity index (χ0) is 12.8. The fourth-order valence-electron chi connectivity index (χ4n) is 2.35. The number of carbonyl (C=O) groups is 1. The molecule has 1 atom stereocenters. The summed E-state index contributed by atoms with van der Waals surface area (Å²) < 4.78 is 0. The molecule has 3 nitrogen and oxygen atoms in total. The van der Waals surface area contributed by atoms with Gasteiger partial charge in [-0.25, -0.2) is 0 Å². The molecule has 0 amide bonds. The molecular formula is C15H18N2O. The molecular weight excluding hydrogens is 224 g/mol. The molecule has 18 heavy (non-hydrogen) atoms. The molecule has 0 aliphatic carbocycles. The van der Waals surface area contributed by atoms with Gasteiger partial charge in [0.2, 0.25) is 0 Å². The molecule has 1 aromatic rings. The molecule has 1 aromatic carbocycles. The number of hydrogen-bond acceptors (Lipinski definition) is 3. The topological polar surface area (TPSA) is 52.9 Å². The molecule has 1 aliphatic heterocycles. The number of nitrogens with zero attached hydrogens (tertiary/aromatic N) is 1. The predicted molar refractivity (Wildman–Crippen MR) is 70.1 cm³/mol. The van der Waals surface area contributed by atoms with Gasteiger partial charge in [0.05, 0.1) is 17.7 Å². The molecule has 0 radical (unpaired) electrons. The second-order valence-electron chi connectivity index (χ2n) is 4.78. The number of nitrogens with one attached hydrogen (secondary N) is 1. The average molecular weight is 242 g/mol. The van der Waals surface area contributed by atoms with Crippen LogP contribution in [0.1, 0.15) is 36.8 Å². The second kappa shape index (κ2) is 6.32. The first-order valence-electron chi connectivity index (χ1n) is 6.55. The lowest BCUT2D eigenvalue weighted by molar-refractivity contribution is -0.120. The van der Waals surface area contributed by atoms with E-state index in [1.165, 1.54) is 5.56 Å². The summed E-state index contributed by atoms with van der Waals surface area (Å²) in [5, 5.41) is 11.9. The van der Waals surface area contributed by atoms with Crippen molar-refractivity contribution in [1.82, 2.24) is 5.32 Å². The SMILES string of the molecule is N#Cc1ccc(CCCC(=O)[C@@H]2CCCN2)cc1. The highest BCUT2D eigenvalue weighted by Crippen LogP contribution is 2.12. The second-order valence-corrected chi connectivity index (χ2v) is 4.78. The Labute approximate surface area is 108 Å². The van der Waals surface area contributed by atoms with E-state index in [9.17, 15) is 4.79 Å². The van der Waals surface area contributed by atoms with Crippen molar-refractivity contribution in [3.8, 4) is 6.07 Å². The number of nitriles is 1. The summed E-state index contributed by atoms with van der Waals surface area (Å²) in [4.78, 5) is 11.8. The van der Waals surface area contributed by atoms with E-state index >= 15 is 0 Å². The summed E-state index contributed by atoms with van der Waals surface area (Å²) in [5.41, 5.74) is 1.88. The van der Waals surface area contributed by atoms with Crippen LogP contribution in [-0.4, -0.2) is 18.4 Å². The van der Waals surface area contributed by atoms with Crippen LogP contribution < -0.4 is 5.32 Å². The van der Waals surface area contributed by atoms with E-state index in [0.717, 1.165) is 32.2 Å².